The van der Waals surface area contributed by atoms with E-state index in [4.69, 9.17) is 10.00 Å². The molecule has 0 bridgehead atoms. The standard InChI is InChI=1S/C14H18N2O2/c1-3-12-9-11(6-7-13(12)18-2)10-16-14(17)5-4-8-15/h6-7,9H,3-5,10H2,1-2H3,(H,16,17). The molecule has 0 aromatic heterocycles. The van der Waals surface area contributed by atoms with Gasteiger partial charge < -0.3 is 10.1 Å². The number of nitrogens with one attached hydrogen (secondary N) is 1. The van der Waals surface area contributed by atoms with Crippen molar-refractivity contribution in [1.82, 2.24) is 5.32 Å². The number of benzene rings is 1. The number of carbonyl (C=O) groups excluding carboxylic acids is 1. The number of amides is 1. The van der Waals surface area contributed by atoms with Crippen molar-refractivity contribution in [3.05, 3.63) is 29.3 Å². The Morgan fingerprint density at radius 1 is 1.50 bits per heavy atom. The number of carbonyl (C=O) groups is 1. The minimum Gasteiger partial charge on any atom is -0.496 e. The summed E-state index contributed by atoms with van der Waals surface area (Å²) in [6, 6.07) is 7.83. The molecular formula is C14H18N2O2. The van der Waals surface area contributed by atoms with Crippen molar-refractivity contribution in [2.45, 2.75) is 32.7 Å². The molecule has 4 heteroatoms. The molecule has 0 aliphatic heterocycles. The lowest BCUT2D eigenvalue weighted by atomic mass is 10.1. The zero-order chi connectivity index (χ0) is 13.4. The predicted molar refractivity (Wildman–Crippen MR) is 69.1 cm³/mol. The largest absolute Gasteiger partial charge is 0.496 e. The number of ether oxygens (including phenoxy) is 1. The Bertz CT molecular complexity index is 450. The fourth-order valence-corrected chi connectivity index (χ4v) is 1.68. The first-order chi connectivity index (χ1) is 8.71. The van der Waals surface area contributed by atoms with Crippen molar-refractivity contribution in [1.29, 1.82) is 5.26 Å². The summed E-state index contributed by atoms with van der Waals surface area (Å²) in [5.74, 6) is 0.780. The SMILES string of the molecule is CCc1cc(CNC(=O)CCC#N)ccc1OC. The van der Waals surface area contributed by atoms with Gasteiger partial charge in [0.05, 0.1) is 13.2 Å². The quantitative estimate of drug-likeness (QED) is 0.836. The molecule has 0 heterocycles. The van der Waals surface area contributed by atoms with E-state index in [-0.39, 0.29) is 18.7 Å². The zero-order valence-electron chi connectivity index (χ0n) is 10.8. The van der Waals surface area contributed by atoms with Crippen molar-refractivity contribution in [2.24, 2.45) is 0 Å². The molecule has 4 nitrogen and oxygen atoms in total. The van der Waals surface area contributed by atoms with E-state index in [2.05, 4.69) is 12.2 Å². The topological polar surface area (TPSA) is 62.1 Å². The van der Waals surface area contributed by atoms with Gasteiger partial charge in [0.25, 0.3) is 0 Å². The number of methoxy groups -OCH3 is 1. The van der Waals surface area contributed by atoms with Gasteiger partial charge in [0.1, 0.15) is 5.75 Å². The second kappa shape index (κ2) is 7.33. The summed E-state index contributed by atoms with van der Waals surface area (Å²) in [4.78, 5) is 11.4. The van der Waals surface area contributed by atoms with Crippen LogP contribution in [0.4, 0.5) is 0 Å². The average molecular weight is 246 g/mol. The molecule has 1 aromatic rings. The zero-order valence-corrected chi connectivity index (χ0v) is 10.8. The Morgan fingerprint density at radius 2 is 2.28 bits per heavy atom. The summed E-state index contributed by atoms with van der Waals surface area (Å²) in [6.45, 7) is 2.55. The molecule has 0 radical (unpaired) electrons. The van der Waals surface area contributed by atoms with Gasteiger partial charge in [-0.3, -0.25) is 4.79 Å². The molecule has 1 rings (SSSR count). The maximum atomic E-state index is 11.4. The maximum Gasteiger partial charge on any atom is 0.221 e. The van der Waals surface area contributed by atoms with Gasteiger partial charge in [0, 0.05) is 19.4 Å². The van der Waals surface area contributed by atoms with Gasteiger partial charge >= 0.3 is 0 Å². The number of rotatable bonds is 6. The Morgan fingerprint density at radius 3 is 2.89 bits per heavy atom. The molecule has 0 spiro atoms. The Labute approximate surface area is 108 Å². The first kappa shape index (κ1) is 14.0. The molecule has 0 saturated carbocycles. The Hall–Kier alpha value is -2.02. The van der Waals surface area contributed by atoms with Gasteiger partial charge in [-0.05, 0) is 23.6 Å². The molecule has 1 amide bonds. The number of hydrogen-bond donors (Lipinski definition) is 1. The minimum absolute atomic E-state index is 0.0922. The summed E-state index contributed by atoms with van der Waals surface area (Å²) in [5, 5.41) is 11.2. The second-order valence-electron chi connectivity index (χ2n) is 3.93. The van der Waals surface area contributed by atoms with E-state index in [1.165, 1.54) is 0 Å². The molecular weight excluding hydrogens is 228 g/mol. The van der Waals surface area contributed by atoms with Crippen molar-refractivity contribution in [2.75, 3.05) is 7.11 Å². The summed E-state index contributed by atoms with van der Waals surface area (Å²) < 4.78 is 5.25. The van der Waals surface area contributed by atoms with Crippen LogP contribution >= 0.6 is 0 Å². The smallest absolute Gasteiger partial charge is 0.221 e. The minimum atomic E-state index is -0.0922. The molecule has 18 heavy (non-hydrogen) atoms. The Balaban J connectivity index is 2.58. The van der Waals surface area contributed by atoms with Gasteiger partial charge in [-0.25, -0.2) is 0 Å². The van der Waals surface area contributed by atoms with Crippen molar-refractivity contribution >= 4 is 5.91 Å². The molecule has 0 fully saturated rings. The molecule has 0 atom stereocenters. The van der Waals surface area contributed by atoms with E-state index in [9.17, 15) is 4.79 Å². The van der Waals surface area contributed by atoms with Crippen LogP contribution in [0.2, 0.25) is 0 Å². The van der Waals surface area contributed by atoms with Crippen LogP contribution in [0.25, 0.3) is 0 Å². The van der Waals surface area contributed by atoms with E-state index in [0.29, 0.717) is 6.54 Å². The van der Waals surface area contributed by atoms with Crippen molar-refractivity contribution in [3.8, 4) is 11.8 Å². The van der Waals surface area contributed by atoms with Crippen molar-refractivity contribution in [3.63, 3.8) is 0 Å². The van der Waals surface area contributed by atoms with Gasteiger partial charge in [0.15, 0.2) is 0 Å². The van der Waals surface area contributed by atoms with Crippen LogP contribution in [-0.4, -0.2) is 13.0 Å². The third kappa shape index (κ3) is 4.10. The van der Waals surface area contributed by atoms with Gasteiger partial charge in [-0.1, -0.05) is 19.1 Å². The molecule has 0 saturated heterocycles. The van der Waals surface area contributed by atoms with Gasteiger partial charge in [-0.2, -0.15) is 5.26 Å². The maximum absolute atomic E-state index is 11.4. The van der Waals surface area contributed by atoms with Gasteiger partial charge in [-0.15, -0.1) is 0 Å². The molecule has 1 aromatic carbocycles. The van der Waals surface area contributed by atoms with E-state index in [1.54, 1.807) is 7.11 Å². The third-order valence-electron chi connectivity index (χ3n) is 2.68. The van der Waals surface area contributed by atoms with Crippen LogP contribution in [0.5, 0.6) is 5.75 Å². The summed E-state index contributed by atoms with van der Waals surface area (Å²) in [7, 11) is 1.65. The van der Waals surface area contributed by atoms with E-state index < -0.39 is 0 Å². The first-order valence-corrected chi connectivity index (χ1v) is 6.00. The predicted octanol–water partition coefficient (Wildman–Crippen LogP) is 2.18. The number of nitriles is 1. The summed E-state index contributed by atoms with van der Waals surface area (Å²) in [5.41, 5.74) is 2.17. The van der Waals surface area contributed by atoms with Crippen LogP contribution in [0.15, 0.2) is 18.2 Å². The fourth-order valence-electron chi connectivity index (χ4n) is 1.68. The third-order valence-corrected chi connectivity index (χ3v) is 2.68. The highest BCUT2D eigenvalue weighted by atomic mass is 16.5. The van der Waals surface area contributed by atoms with Gasteiger partial charge in [0.2, 0.25) is 5.91 Å². The molecule has 0 aliphatic rings. The highest BCUT2D eigenvalue weighted by molar-refractivity contribution is 5.76. The van der Waals surface area contributed by atoms with Crippen LogP contribution in [0.1, 0.15) is 30.9 Å². The van der Waals surface area contributed by atoms with Crippen LogP contribution in [-0.2, 0) is 17.8 Å². The average Bonchev–Trinajstić information content (AvgIpc) is 2.42. The van der Waals surface area contributed by atoms with E-state index >= 15 is 0 Å². The molecule has 0 aliphatic carbocycles. The van der Waals surface area contributed by atoms with Crippen LogP contribution in [0, 0.1) is 11.3 Å². The number of aryl methyl sites for hydroxylation is 1. The van der Waals surface area contributed by atoms with E-state index in [1.807, 2.05) is 24.3 Å². The lowest BCUT2D eigenvalue weighted by Gasteiger charge is -2.10. The van der Waals surface area contributed by atoms with Crippen molar-refractivity contribution < 1.29 is 9.53 Å². The molecule has 96 valence electrons. The Kier molecular flexibility index (Phi) is 5.72. The van der Waals surface area contributed by atoms with Crippen LogP contribution in [0.3, 0.4) is 0 Å². The summed E-state index contributed by atoms with van der Waals surface area (Å²) >= 11 is 0. The van der Waals surface area contributed by atoms with Crippen LogP contribution < -0.4 is 10.1 Å². The number of nitrogens with zero attached hydrogens (tertiary/aromatic N) is 1. The highest BCUT2D eigenvalue weighted by Crippen LogP contribution is 2.20. The normalized spacial score (nSPS) is 9.61. The number of hydrogen-bond acceptors (Lipinski definition) is 3. The fraction of sp³-hybridized carbons (Fsp3) is 0.429. The molecule has 0 unspecified atom stereocenters. The highest BCUT2D eigenvalue weighted by Gasteiger charge is 2.04. The van der Waals surface area contributed by atoms with E-state index in [0.717, 1.165) is 23.3 Å². The first-order valence-electron chi connectivity index (χ1n) is 6.00. The lowest BCUT2D eigenvalue weighted by molar-refractivity contribution is -0.121. The lowest BCUT2D eigenvalue weighted by Crippen LogP contribution is -2.22. The monoisotopic (exact) mass is 246 g/mol. The molecule has 1 N–H and O–H groups in total. The second-order valence-corrected chi connectivity index (χ2v) is 3.93. The summed E-state index contributed by atoms with van der Waals surface area (Å²) in [6.07, 6.45) is 1.40.